The van der Waals surface area contributed by atoms with E-state index in [0.29, 0.717) is 10.6 Å². The van der Waals surface area contributed by atoms with E-state index in [9.17, 15) is 9.00 Å². The second-order valence-corrected chi connectivity index (χ2v) is 6.39. The third kappa shape index (κ3) is 3.56. The standard InChI is InChI=1S/C14H20N2O2S/c1-11-5-6-13(12(15)9-11)19(18)10-14(17)16-7-3-2-4-8-16/h5-6,9H,2-4,7-8,10,15H2,1H3. The van der Waals surface area contributed by atoms with Gasteiger partial charge in [0.25, 0.3) is 0 Å². The molecule has 19 heavy (non-hydrogen) atoms. The largest absolute Gasteiger partial charge is 0.398 e. The van der Waals surface area contributed by atoms with Crippen LogP contribution in [0.1, 0.15) is 24.8 Å². The van der Waals surface area contributed by atoms with Crippen LogP contribution in [0, 0.1) is 6.92 Å². The second-order valence-electron chi connectivity index (χ2n) is 4.97. The fourth-order valence-corrected chi connectivity index (χ4v) is 3.40. The van der Waals surface area contributed by atoms with Gasteiger partial charge in [0.05, 0.1) is 15.7 Å². The lowest BCUT2D eigenvalue weighted by molar-refractivity contribution is -0.129. The molecule has 2 N–H and O–H groups in total. The molecule has 0 radical (unpaired) electrons. The fourth-order valence-electron chi connectivity index (χ4n) is 2.30. The quantitative estimate of drug-likeness (QED) is 0.857. The van der Waals surface area contributed by atoms with E-state index < -0.39 is 10.8 Å². The Hall–Kier alpha value is -1.36. The SMILES string of the molecule is Cc1ccc(S(=O)CC(=O)N2CCCCC2)c(N)c1. The number of amides is 1. The van der Waals surface area contributed by atoms with Crippen LogP contribution in [-0.4, -0.2) is 33.9 Å². The molecule has 2 rings (SSSR count). The van der Waals surface area contributed by atoms with Crippen molar-refractivity contribution >= 4 is 22.4 Å². The second kappa shape index (κ2) is 6.19. The highest BCUT2D eigenvalue weighted by Crippen LogP contribution is 2.19. The van der Waals surface area contributed by atoms with Gasteiger partial charge in [0, 0.05) is 18.8 Å². The lowest BCUT2D eigenvalue weighted by Crippen LogP contribution is -2.38. The van der Waals surface area contributed by atoms with Crippen LogP contribution in [0.5, 0.6) is 0 Å². The van der Waals surface area contributed by atoms with E-state index in [1.165, 1.54) is 6.42 Å². The highest BCUT2D eigenvalue weighted by Gasteiger charge is 2.20. The summed E-state index contributed by atoms with van der Waals surface area (Å²) in [6.07, 6.45) is 3.27. The number of aryl methyl sites for hydroxylation is 1. The lowest BCUT2D eigenvalue weighted by Gasteiger charge is -2.26. The predicted octanol–water partition coefficient (Wildman–Crippen LogP) is 1.70. The minimum Gasteiger partial charge on any atom is -0.398 e. The molecule has 1 aromatic carbocycles. The molecule has 0 aromatic heterocycles. The van der Waals surface area contributed by atoms with Crippen LogP contribution in [-0.2, 0) is 15.6 Å². The van der Waals surface area contributed by atoms with Gasteiger partial charge in [-0.15, -0.1) is 0 Å². The van der Waals surface area contributed by atoms with Crippen molar-refractivity contribution in [1.29, 1.82) is 0 Å². The number of likely N-dealkylation sites (tertiary alicyclic amines) is 1. The fraction of sp³-hybridized carbons (Fsp3) is 0.500. The summed E-state index contributed by atoms with van der Waals surface area (Å²) in [5.41, 5.74) is 7.39. The zero-order chi connectivity index (χ0) is 13.8. The molecule has 0 bridgehead atoms. The first-order chi connectivity index (χ1) is 9.08. The van der Waals surface area contributed by atoms with Gasteiger partial charge in [-0.2, -0.15) is 0 Å². The molecule has 1 aromatic rings. The maximum Gasteiger partial charge on any atom is 0.235 e. The van der Waals surface area contributed by atoms with Crippen molar-refractivity contribution in [2.24, 2.45) is 0 Å². The van der Waals surface area contributed by atoms with E-state index in [4.69, 9.17) is 5.73 Å². The van der Waals surface area contributed by atoms with Gasteiger partial charge in [-0.3, -0.25) is 9.00 Å². The summed E-state index contributed by atoms with van der Waals surface area (Å²) in [5.74, 6) is 0.00536. The molecule has 1 aliphatic heterocycles. The summed E-state index contributed by atoms with van der Waals surface area (Å²) in [6, 6.07) is 5.41. The number of piperidine rings is 1. The zero-order valence-corrected chi connectivity index (χ0v) is 12.0. The number of rotatable bonds is 3. The zero-order valence-electron chi connectivity index (χ0n) is 11.2. The van der Waals surface area contributed by atoms with Crippen molar-refractivity contribution in [3.63, 3.8) is 0 Å². The van der Waals surface area contributed by atoms with E-state index in [1.54, 1.807) is 12.1 Å². The van der Waals surface area contributed by atoms with Crippen LogP contribution in [0.2, 0.25) is 0 Å². The van der Waals surface area contributed by atoms with Crippen molar-refractivity contribution in [2.75, 3.05) is 24.6 Å². The van der Waals surface area contributed by atoms with E-state index in [1.807, 2.05) is 17.9 Å². The van der Waals surface area contributed by atoms with Gasteiger partial charge in [-0.25, -0.2) is 0 Å². The maximum atomic E-state index is 12.2. The smallest absolute Gasteiger partial charge is 0.235 e. The van der Waals surface area contributed by atoms with E-state index in [0.717, 1.165) is 31.5 Å². The van der Waals surface area contributed by atoms with Gasteiger partial charge in [0.15, 0.2) is 0 Å². The Morgan fingerprint density at radius 1 is 1.32 bits per heavy atom. The first kappa shape index (κ1) is 14.1. The molecule has 5 heteroatoms. The summed E-state index contributed by atoms with van der Waals surface area (Å²) in [5, 5.41) is 0. The summed E-state index contributed by atoms with van der Waals surface area (Å²) < 4.78 is 12.2. The van der Waals surface area contributed by atoms with Gasteiger partial charge in [-0.05, 0) is 43.9 Å². The van der Waals surface area contributed by atoms with Crippen LogP contribution in [0.25, 0.3) is 0 Å². The Balaban J connectivity index is 2.02. The van der Waals surface area contributed by atoms with Gasteiger partial charge in [0.2, 0.25) is 5.91 Å². The molecule has 1 unspecified atom stereocenters. The molecule has 0 saturated carbocycles. The van der Waals surface area contributed by atoms with Gasteiger partial charge >= 0.3 is 0 Å². The molecule has 1 fully saturated rings. The number of nitrogens with zero attached hydrogens (tertiary/aromatic N) is 1. The molecule has 4 nitrogen and oxygen atoms in total. The Bertz CT molecular complexity index is 496. The molecule has 104 valence electrons. The Labute approximate surface area is 116 Å². The third-order valence-electron chi connectivity index (χ3n) is 3.37. The summed E-state index contributed by atoms with van der Waals surface area (Å²) in [4.78, 5) is 14.4. The summed E-state index contributed by atoms with van der Waals surface area (Å²) >= 11 is 0. The van der Waals surface area contributed by atoms with Gasteiger partial charge in [-0.1, -0.05) is 6.07 Å². The average Bonchev–Trinajstić information content (AvgIpc) is 2.39. The Morgan fingerprint density at radius 2 is 2.00 bits per heavy atom. The predicted molar refractivity (Wildman–Crippen MR) is 77.3 cm³/mol. The number of benzene rings is 1. The van der Waals surface area contributed by atoms with Gasteiger partial charge in [0.1, 0.15) is 5.75 Å². The van der Waals surface area contributed by atoms with Crippen LogP contribution in [0.3, 0.4) is 0 Å². The van der Waals surface area contributed by atoms with Crippen molar-refractivity contribution in [2.45, 2.75) is 31.1 Å². The number of carbonyl (C=O) groups excluding carboxylic acids is 1. The highest BCUT2D eigenvalue weighted by molar-refractivity contribution is 7.86. The monoisotopic (exact) mass is 280 g/mol. The molecule has 1 aliphatic rings. The molecule has 1 saturated heterocycles. The third-order valence-corrected chi connectivity index (χ3v) is 4.75. The average molecular weight is 280 g/mol. The van der Waals surface area contributed by atoms with Crippen molar-refractivity contribution < 1.29 is 9.00 Å². The molecule has 1 amide bonds. The van der Waals surface area contributed by atoms with E-state index >= 15 is 0 Å². The number of nitrogens with two attached hydrogens (primary N) is 1. The van der Waals surface area contributed by atoms with Gasteiger partial charge < -0.3 is 10.6 Å². The van der Waals surface area contributed by atoms with Crippen LogP contribution in [0.15, 0.2) is 23.1 Å². The summed E-state index contributed by atoms with van der Waals surface area (Å²) in [7, 11) is -1.35. The van der Waals surface area contributed by atoms with Crippen LogP contribution >= 0.6 is 0 Å². The number of nitrogen functional groups attached to an aromatic ring is 1. The lowest BCUT2D eigenvalue weighted by atomic mass is 10.1. The van der Waals surface area contributed by atoms with Crippen LogP contribution < -0.4 is 5.73 Å². The molecule has 0 aliphatic carbocycles. The molecular formula is C14H20N2O2S. The van der Waals surface area contributed by atoms with Crippen molar-refractivity contribution in [1.82, 2.24) is 4.90 Å². The van der Waals surface area contributed by atoms with Crippen molar-refractivity contribution in [3.8, 4) is 0 Å². The number of hydrogen-bond donors (Lipinski definition) is 1. The first-order valence-electron chi connectivity index (χ1n) is 6.60. The highest BCUT2D eigenvalue weighted by atomic mass is 32.2. The topological polar surface area (TPSA) is 63.4 Å². The maximum absolute atomic E-state index is 12.2. The number of carbonyl (C=O) groups is 1. The minimum absolute atomic E-state index is 0.0296. The van der Waals surface area contributed by atoms with E-state index in [2.05, 4.69) is 0 Å². The number of hydrogen-bond acceptors (Lipinski definition) is 3. The molecule has 1 atom stereocenters. The van der Waals surface area contributed by atoms with Crippen molar-refractivity contribution in [3.05, 3.63) is 23.8 Å². The van der Waals surface area contributed by atoms with Crippen LogP contribution in [0.4, 0.5) is 5.69 Å². The first-order valence-corrected chi connectivity index (χ1v) is 7.92. The molecule has 0 spiro atoms. The van der Waals surface area contributed by atoms with E-state index in [-0.39, 0.29) is 11.7 Å². The normalized spacial score (nSPS) is 17.2. The number of anilines is 1. The minimum atomic E-state index is -1.35. The molecular weight excluding hydrogens is 260 g/mol. The molecule has 1 heterocycles. The Kier molecular flexibility index (Phi) is 4.58. The summed E-state index contributed by atoms with van der Waals surface area (Å²) in [6.45, 7) is 3.51. The Morgan fingerprint density at radius 3 is 2.63 bits per heavy atom.